The Morgan fingerprint density at radius 3 is 2.69 bits per heavy atom. The Bertz CT molecular complexity index is 994. The zero-order chi connectivity index (χ0) is 18.8. The second kappa shape index (κ2) is 5.54. The molecule has 2 aliphatic rings. The number of halogens is 1. The molecule has 2 heterocycles. The second-order valence-electron chi connectivity index (χ2n) is 7.54. The number of nitrogens with zero attached hydrogens (tertiary/aromatic N) is 2. The summed E-state index contributed by atoms with van der Waals surface area (Å²) < 4.78 is 16.7. The molecule has 1 saturated heterocycles. The summed E-state index contributed by atoms with van der Waals surface area (Å²) in [7, 11) is 0. The van der Waals surface area contributed by atoms with Crippen LogP contribution in [0.5, 0.6) is 0 Å². The first-order valence-electron chi connectivity index (χ1n) is 8.89. The third kappa shape index (κ3) is 2.26. The molecule has 1 aliphatic carbocycles. The maximum absolute atomic E-state index is 15.0. The summed E-state index contributed by atoms with van der Waals surface area (Å²) in [6.45, 7) is 5.44. The summed E-state index contributed by atoms with van der Waals surface area (Å²) in [4.78, 5) is 25.9. The van der Waals surface area contributed by atoms with Gasteiger partial charge in [-0.15, -0.1) is 0 Å². The molecule has 0 radical (unpaired) electrons. The van der Waals surface area contributed by atoms with Gasteiger partial charge in [0.2, 0.25) is 5.43 Å². The normalized spacial score (nSPS) is 20.9. The van der Waals surface area contributed by atoms with Crippen LogP contribution >= 0.6 is 0 Å². The molecule has 1 aliphatic heterocycles. The number of aryl methyl sites for hydroxylation is 2. The van der Waals surface area contributed by atoms with Crippen LogP contribution in [0.1, 0.15) is 35.7 Å². The van der Waals surface area contributed by atoms with Gasteiger partial charge in [-0.25, -0.2) is 9.18 Å². The van der Waals surface area contributed by atoms with Crippen molar-refractivity contribution in [2.45, 2.75) is 39.3 Å². The van der Waals surface area contributed by atoms with Gasteiger partial charge in [-0.05, 0) is 38.3 Å². The van der Waals surface area contributed by atoms with Gasteiger partial charge in [0.05, 0.1) is 11.2 Å². The van der Waals surface area contributed by atoms with Gasteiger partial charge in [0.15, 0.2) is 0 Å². The minimum atomic E-state index is -1.30. The van der Waals surface area contributed by atoms with E-state index in [1.54, 1.807) is 11.5 Å². The fourth-order valence-corrected chi connectivity index (χ4v) is 4.37. The molecule has 0 bridgehead atoms. The first kappa shape index (κ1) is 17.0. The number of pyridine rings is 1. The predicted octanol–water partition coefficient (Wildman–Crippen LogP) is 2.09. The molecule has 1 spiro atoms. The minimum Gasteiger partial charge on any atom is -0.477 e. The van der Waals surface area contributed by atoms with Crippen LogP contribution < -0.4 is 16.1 Å². The van der Waals surface area contributed by atoms with Gasteiger partial charge < -0.3 is 20.3 Å². The molecule has 1 unspecified atom stereocenters. The predicted molar refractivity (Wildman–Crippen MR) is 97.4 cm³/mol. The lowest BCUT2D eigenvalue weighted by molar-refractivity contribution is 0.0695. The Morgan fingerprint density at radius 2 is 2.15 bits per heavy atom. The van der Waals surface area contributed by atoms with Crippen molar-refractivity contribution in [1.82, 2.24) is 4.57 Å². The van der Waals surface area contributed by atoms with Crippen molar-refractivity contribution in [1.29, 1.82) is 0 Å². The third-order valence-corrected chi connectivity index (χ3v) is 6.01. The van der Waals surface area contributed by atoms with E-state index in [4.69, 9.17) is 5.73 Å². The number of carbonyl (C=O) groups is 1. The lowest BCUT2D eigenvalue weighted by Crippen LogP contribution is -2.30. The molecule has 0 amide bonds. The number of aromatic carboxylic acids is 1. The summed E-state index contributed by atoms with van der Waals surface area (Å²) in [6.07, 6.45) is 3.49. The molecule has 1 aromatic carbocycles. The molecule has 2 aromatic rings. The van der Waals surface area contributed by atoms with Crippen LogP contribution in [0, 0.1) is 18.2 Å². The number of aromatic nitrogens is 1. The molecule has 3 N–H and O–H groups in total. The van der Waals surface area contributed by atoms with E-state index in [-0.39, 0.29) is 22.4 Å². The van der Waals surface area contributed by atoms with Crippen molar-refractivity contribution in [3.63, 3.8) is 0 Å². The number of hydrogen-bond acceptors (Lipinski definition) is 4. The van der Waals surface area contributed by atoms with Crippen LogP contribution in [-0.4, -0.2) is 34.8 Å². The number of anilines is 1. The highest BCUT2D eigenvalue weighted by atomic mass is 19.1. The highest BCUT2D eigenvalue weighted by Gasteiger charge is 2.54. The molecule has 1 saturated carbocycles. The quantitative estimate of drug-likeness (QED) is 0.876. The molecular formula is C19H22FN3O3. The van der Waals surface area contributed by atoms with Crippen LogP contribution in [0.4, 0.5) is 10.1 Å². The number of carboxylic acids is 1. The minimum absolute atomic E-state index is 0.0275. The SMILES string of the molecule is CCn1cc(C(=O)O)c(=O)c2cc(F)c(N3CC(N)C4(CC4)C3)c(C)c21. The summed E-state index contributed by atoms with van der Waals surface area (Å²) in [5.41, 5.74) is 7.09. The van der Waals surface area contributed by atoms with E-state index < -0.39 is 17.2 Å². The molecule has 4 rings (SSSR count). The van der Waals surface area contributed by atoms with E-state index in [9.17, 15) is 14.7 Å². The average molecular weight is 359 g/mol. The second-order valence-corrected chi connectivity index (χ2v) is 7.54. The van der Waals surface area contributed by atoms with Crippen molar-refractivity contribution in [2.24, 2.45) is 11.1 Å². The lowest BCUT2D eigenvalue weighted by Gasteiger charge is -2.24. The highest BCUT2D eigenvalue weighted by molar-refractivity contribution is 5.95. The number of rotatable bonds is 3. The fourth-order valence-electron chi connectivity index (χ4n) is 4.37. The Balaban J connectivity index is 1.96. The Hall–Kier alpha value is -2.41. The van der Waals surface area contributed by atoms with E-state index in [0.29, 0.717) is 29.9 Å². The first-order chi connectivity index (χ1) is 12.3. The summed E-state index contributed by atoms with van der Waals surface area (Å²) >= 11 is 0. The van der Waals surface area contributed by atoms with Gasteiger partial charge in [0.1, 0.15) is 11.4 Å². The Labute approximate surface area is 150 Å². The molecular weight excluding hydrogens is 337 g/mol. The molecule has 26 heavy (non-hydrogen) atoms. The van der Waals surface area contributed by atoms with E-state index >= 15 is 4.39 Å². The van der Waals surface area contributed by atoms with Gasteiger partial charge in [-0.1, -0.05) is 0 Å². The van der Waals surface area contributed by atoms with Crippen molar-refractivity contribution < 1.29 is 14.3 Å². The van der Waals surface area contributed by atoms with Crippen LogP contribution in [-0.2, 0) is 6.54 Å². The van der Waals surface area contributed by atoms with Gasteiger partial charge in [0.25, 0.3) is 0 Å². The number of carboxylic acid groups (broad SMARTS) is 1. The number of fused-ring (bicyclic) bond motifs is 1. The maximum Gasteiger partial charge on any atom is 0.341 e. The van der Waals surface area contributed by atoms with E-state index in [1.165, 1.54) is 12.3 Å². The topological polar surface area (TPSA) is 88.6 Å². The maximum atomic E-state index is 15.0. The van der Waals surface area contributed by atoms with Gasteiger partial charge >= 0.3 is 5.97 Å². The van der Waals surface area contributed by atoms with Crippen LogP contribution in [0.25, 0.3) is 10.9 Å². The Morgan fingerprint density at radius 1 is 1.46 bits per heavy atom. The summed E-state index contributed by atoms with van der Waals surface area (Å²) in [5.74, 6) is -1.80. The molecule has 2 fully saturated rings. The van der Waals surface area contributed by atoms with E-state index in [1.807, 2.05) is 11.8 Å². The Kier molecular flexibility index (Phi) is 3.63. The van der Waals surface area contributed by atoms with Crippen LogP contribution in [0.3, 0.4) is 0 Å². The largest absolute Gasteiger partial charge is 0.477 e. The molecule has 6 nitrogen and oxygen atoms in total. The lowest BCUT2D eigenvalue weighted by atomic mass is 10.0. The van der Waals surface area contributed by atoms with E-state index in [2.05, 4.69) is 0 Å². The standard InChI is InChI=1S/C19H22FN3O3/c1-3-22-7-12(18(25)26)17(24)11-6-13(20)16(10(2)15(11)22)23-8-14(21)19(9-23)4-5-19/h6-7,14H,3-5,8-9,21H2,1-2H3,(H,25,26). The number of benzene rings is 1. The molecule has 1 aromatic heterocycles. The van der Waals surface area contributed by atoms with Gasteiger partial charge in [0, 0.05) is 42.7 Å². The third-order valence-electron chi connectivity index (χ3n) is 6.01. The van der Waals surface area contributed by atoms with Crippen LogP contribution in [0.2, 0.25) is 0 Å². The van der Waals surface area contributed by atoms with Crippen molar-refractivity contribution in [2.75, 3.05) is 18.0 Å². The highest BCUT2D eigenvalue weighted by Crippen LogP contribution is 2.53. The smallest absolute Gasteiger partial charge is 0.341 e. The molecule has 1 atom stereocenters. The molecule has 138 valence electrons. The zero-order valence-electron chi connectivity index (χ0n) is 14.9. The first-order valence-corrected chi connectivity index (χ1v) is 8.89. The van der Waals surface area contributed by atoms with Gasteiger partial charge in [-0.2, -0.15) is 0 Å². The van der Waals surface area contributed by atoms with Crippen LogP contribution in [0.15, 0.2) is 17.1 Å². The number of nitrogens with two attached hydrogens (primary N) is 1. The van der Waals surface area contributed by atoms with Crippen molar-refractivity contribution >= 4 is 22.6 Å². The van der Waals surface area contributed by atoms with Gasteiger partial charge in [-0.3, -0.25) is 4.79 Å². The average Bonchev–Trinajstić information content (AvgIpc) is 3.28. The van der Waals surface area contributed by atoms with Crippen molar-refractivity contribution in [3.8, 4) is 0 Å². The van der Waals surface area contributed by atoms with Crippen molar-refractivity contribution in [3.05, 3.63) is 39.4 Å². The summed E-state index contributed by atoms with van der Waals surface area (Å²) in [5, 5.41) is 9.38. The molecule has 7 heteroatoms. The van der Waals surface area contributed by atoms with E-state index in [0.717, 1.165) is 19.4 Å². The zero-order valence-corrected chi connectivity index (χ0v) is 14.9. The fraction of sp³-hybridized carbons (Fsp3) is 0.474. The monoisotopic (exact) mass is 359 g/mol. The summed E-state index contributed by atoms with van der Waals surface area (Å²) in [6, 6.07) is 1.21. The number of hydrogen-bond donors (Lipinski definition) is 2.